The zero-order chi connectivity index (χ0) is 13.8. The molecule has 0 aliphatic carbocycles. The third-order valence-corrected chi connectivity index (χ3v) is 2.47. The average Bonchev–Trinajstić information content (AvgIpc) is 2.20. The maximum absolute atomic E-state index is 11.4. The second-order valence-electron chi connectivity index (χ2n) is 5.03. The Labute approximate surface area is 112 Å². The molecule has 0 heterocycles. The van der Waals surface area contributed by atoms with Crippen molar-refractivity contribution >= 4 is 23.4 Å². The molecule has 4 nitrogen and oxygen atoms in total. The van der Waals surface area contributed by atoms with Gasteiger partial charge in [0.25, 0.3) is 0 Å². The van der Waals surface area contributed by atoms with E-state index in [0.717, 1.165) is 5.56 Å². The van der Waals surface area contributed by atoms with E-state index in [4.69, 9.17) is 22.1 Å². The second-order valence-corrected chi connectivity index (χ2v) is 5.44. The SMILES string of the molecule is CC(C)(C)OC(=O)NCCc1ccc(N)c(Cl)c1. The van der Waals surface area contributed by atoms with E-state index in [-0.39, 0.29) is 0 Å². The maximum atomic E-state index is 11.4. The fourth-order valence-electron chi connectivity index (χ4n) is 1.35. The smallest absolute Gasteiger partial charge is 0.407 e. The van der Waals surface area contributed by atoms with Crippen molar-refractivity contribution in [2.75, 3.05) is 12.3 Å². The number of ether oxygens (including phenoxy) is 1. The minimum atomic E-state index is -0.478. The summed E-state index contributed by atoms with van der Waals surface area (Å²) in [4.78, 5) is 11.4. The first-order valence-electron chi connectivity index (χ1n) is 5.79. The monoisotopic (exact) mass is 270 g/mol. The highest BCUT2D eigenvalue weighted by atomic mass is 35.5. The lowest BCUT2D eigenvalue weighted by molar-refractivity contribution is 0.0528. The molecule has 0 aliphatic rings. The van der Waals surface area contributed by atoms with E-state index in [0.29, 0.717) is 23.7 Å². The van der Waals surface area contributed by atoms with Gasteiger partial charge in [-0.1, -0.05) is 17.7 Å². The van der Waals surface area contributed by atoms with Crippen LogP contribution >= 0.6 is 11.6 Å². The van der Waals surface area contributed by atoms with Crippen molar-refractivity contribution in [3.05, 3.63) is 28.8 Å². The van der Waals surface area contributed by atoms with E-state index >= 15 is 0 Å². The number of anilines is 1. The van der Waals surface area contributed by atoms with Gasteiger partial charge >= 0.3 is 6.09 Å². The molecule has 100 valence electrons. The number of hydrogen-bond acceptors (Lipinski definition) is 3. The maximum Gasteiger partial charge on any atom is 0.407 e. The predicted molar refractivity (Wildman–Crippen MR) is 73.8 cm³/mol. The Morgan fingerprint density at radius 1 is 1.44 bits per heavy atom. The molecule has 3 N–H and O–H groups in total. The third kappa shape index (κ3) is 5.27. The molecule has 0 aliphatic heterocycles. The summed E-state index contributed by atoms with van der Waals surface area (Å²) in [6.45, 7) is 5.97. The summed E-state index contributed by atoms with van der Waals surface area (Å²) in [6.07, 6.45) is 0.267. The van der Waals surface area contributed by atoms with Crippen LogP contribution in [0.15, 0.2) is 18.2 Å². The van der Waals surface area contributed by atoms with Crippen LogP contribution in [-0.4, -0.2) is 18.2 Å². The first kappa shape index (κ1) is 14.6. The molecule has 0 saturated carbocycles. The molecule has 1 aromatic rings. The molecule has 5 heteroatoms. The largest absolute Gasteiger partial charge is 0.444 e. The Kier molecular flexibility index (Phi) is 4.84. The molecule has 0 saturated heterocycles. The van der Waals surface area contributed by atoms with E-state index in [1.165, 1.54) is 0 Å². The standard InChI is InChI=1S/C13H19ClN2O2/c1-13(2,3)18-12(17)16-7-6-9-4-5-11(15)10(14)8-9/h4-5,8H,6-7,15H2,1-3H3,(H,16,17). The molecule has 18 heavy (non-hydrogen) atoms. The zero-order valence-electron chi connectivity index (χ0n) is 10.9. The van der Waals surface area contributed by atoms with Crippen LogP contribution in [0.2, 0.25) is 5.02 Å². The molecule has 0 atom stereocenters. The lowest BCUT2D eigenvalue weighted by Gasteiger charge is -2.19. The summed E-state index contributed by atoms with van der Waals surface area (Å²) in [5.41, 5.74) is 6.71. The van der Waals surface area contributed by atoms with Crippen molar-refractivity contribution in [1.82, 2.24) is 5.32 Å². The molecule has 0 radical (unpaired) electrons. The number of rotatable bonds is 3. The van der Waals surface area contributed by atoms with Crippen molar-refractivity contribution in [3.8, 4) is 0 Å². The lowest BCUT2D eigenvalue weighted by Crippen LogP contribution is -2.33. The van der Waals surface area contributed by atoms with Crippen molar-refractivity contribution < 1.29 is 9.53 Å². The second kappa shape index (κ2) is 5.96. The van der Waals surface area contributed by atoms with Crippen LogP contribution < -0.4 is 11.1 Å². The van der Waals surface area contributed by atoms with Gasteiger partial charge in [-0.15, -0.1) is 0 Å². The van der Waals surface area contributed by atoms with Crippen LogP contribution in [0.1, 0.15) is 26.3 Å². The normalized spacial score (nSPS) is 11.1. The molecule has 0 unspecified atom stereocenters. The molecule has 1 amide bonds. The van der Waals surface area contributed by atoms with Gasteiger partial charge < -0.3 is 15.8 Å². The Morgan fingerprint density at radius 2 is 2.11 bits per heavy atom. The lowest BCUT2D eigenvalue weighted by atomic mass is 10.1. The fourth-order valence-corrected chi connectivity index (χ4v) is 1.55. The Balaban J connectivity index is 2.38. The van der Waals surface area contributed by atoms with Crippen LogP contribution in [0.25, 0.3) is 0 Å². The number of hydrogen-bond donors (Lipinski definition) is 2. The Morgan fingerprint density at radius 3 is 2.67 bits per heavy atom. The number of nitrogens with one attached hydrogen (secondary N) is 1. The van der Waals surface area contributed by atoms with Gasteiger partial charge in [-0.25, -0.2) is 4.79 Å². The zero-order valence-corrected chi connectivity index (χ0v) is 11.7. The summed E-state index contributed by atoms with van der Waals surface area (Å²) < 4.78 is 5.12. The van der Waals surface area contributed by atoms with E-state index in [1.807, 2.05) is 26.8 Å². The number of amides is 1. The molecule has 1 rings (SSSR count). The van der Waals surface area contributed by atoms with Gasteiger partial charge in [0.15, 0.2) is 0 Å². The first-order valence-corrected chi connectivity index (χ1v) is 6.16. The Hall–Kier alpha value is -1.42. The number of benzene rings is 1. The topological polar surface area (TPSA) is 64.3 Å². The molecule has 0 fully saturated rings. The average molecular weight is 271 g/mol. The van der Waals surface area contributed by atoms with Crippen molar-refractivity contribution in [3.63, 3.8) is 0 Å². The van der Waals surface area contributed by atoms with Gasteiger partial charge in [0.05, 0.1) is 10.7 Å². The highest BCUT2D eigenvalue weighted by Gasteiger charge is 2.15. The van der Waals surface area contributed by atoms with Gasteiger partial charge in [-0.05, 0) is 44.9 Å². The van der Waals surface area contributed by atoms with Crippen molar-refractivity contribution in [2.24, 2.45) is 0 Å². The van der Waals surface area contributed by atoms with E-state index in [9.17, 15) is 4.79 Å². The highest BCUT2D eigenvalue weighted by Crippen LogP contribution is 2.19. The Bertz CT molecular complexity index is 427. The minimum Gasteiger partial charge on any atom is -0.444 e. The molecule has 1 aromatic carbocycles. The van der Waals surface area contributed by atoms with E-state index < -0.39 is 11.7 Å². The van der Waals surface area contributed by atoms with E-state index in [2.05, 4.69) is 5.32 Å². The van der Waals surface area contributed by atoms with Gasteiger partial charge in [0.1, 0.15) is 5.60 Å². The summed E-state index contributed by atoms with van der Waals surface area (Å²) in [5, 5.41) is 3.22. The van der Waals surface area contributed by atoms with Crippen LogP contribution in [0.5, 0.6) is 0 Å². The predicted octanol–water partition coefficient (Wildman–Crippen LogP) is 2.99. The quantitative estimate of drug-likeness (QED) is 0.830. The van der Waals surface area contributed by atoms with Crippen LogP contribution in [0.4, 0.5) is 10.5 Å². The number of halogens is 1. The van der Waals surface area contributed by atoms with Crippen molar-refractivity contribution in [1.29, 1.82) is 0 Å². The van der Waals surface area contributed by atoms with Crippen LogP contribution in [0.3, 0.4) is 0 Å². The minimum absolute atomic E-state index is 0.413. The summed E-state index contributed by atoms with van der Waals surface area (Å²) >= 11 is 5.91. The fraction of sp³-hybridized carbons (Fsp3) is 0.462. The number of alkyl carbamates (subject to hydrolysis) is 1. The van der Waals surface area contributed by atoms with Crippen molar-refractivity contribution in [2.45, 2.75) is 32.8 Å². The number of carbonyl (C=O) groups is 1. The van der Waals surface area contributed by atoms with Crippen LogP contribution in [-0.2, 0) is 11.2 Å². The third-order valence-electron chi connectivity index (χ3n) is 2.15. The highest BCUT2D eigenvalue weighted by molar-refractivity contribution is 6.33. The number of carbonyl (C=O) groups excluding carboxylic acids is 1. The number of nitrogens with two attached hydrogens (primary N) is 1. The molecule has 0 aromatic heterocycles. The van der Waals surface area contributed by atoms with Crippen LogP contribution in [0, 0.1) is 0 Å². The number of nitrogen functional groups attached to an aromatic ring is 1. The molecule has 0 spiro atoms. The summed E-state index contributed by atoms with van der Waals surface area (Å²) in [7, 11) is 0. The van der Waals surface area contributed by atoms with E-state index in [1.54, 1.807) is 12.1 Å². The van der Waals surface area contributed by atoms with Gasteiger partial charge in [-0.2, -0.15) is 0 Å². The van der Waals surface area contributed by atoms with Gasteiger partial charge in [-0.3, -0.25) is 0 Å². The molecular weight excluding hydrogens is 252 g/mol. The summed E-state index contributed by atoms with van der Waals surface area (Å²) in [5.74, 6) is 0. The molecular formula is C13H19ClN2O2. The van der Waals surface area contributed by atoms with Gasteiger partial charge in [0, 0.05) is 6.54 Å². The summed E-state index contributed by atoms with van der Waals surface area (Å²) in [6, 6.07) is 5.44. The molecule has 0 bridgehead atoms. The van der Waals surface area contributed by atoms with Gasteiger partial charge in [0.2, 0.25) is 0 Å². The first-order chi connectivity index (χ1) is 8.28.